The SMILES string of the molecule is CCC1=C(C(=O)OC)[C@H](c2ccccc2)n2c(s/c(=C/c3cc(I)cc(OC)c3OCc3ccc(Cl)cc3)c2=O)=N1. The van der Waals surface area contributed by atoms with Gasteiger partial charge < -0.3 is 14.2 Å². The Kier molecular flexibility index (Phi) is 8.96. The van der Waals surface area contributed by atoms with E-state index in [-0.39, 0.29) is 12.2 Å². The minimum absolute atomic E-state index is 0.263. The van der Waals surface area contributed by atoms with Gasteiger partial charge in [-0.3, -0.25) is 9.36 Å². The number of hydrogen-bond donors (Lipinski definition) is 0. The molecule has 1 aromatic heterocycles. The molecule has 0 saturated heterocycles. The van der Waals surface area contributed by atoms with Crippen molar-refractivity contribution in [1.29, 1.82) is 0 Å². The minimum atomic E-state index is -0.664. The molecule has 0 bridgehead atoms. The number of allylic oxidation sites excluding steroid dienone is 1. The lowest BCUT2D eigenvalue weighted by molar-refractivity contribution is -0.136. The maximum Gasteiger partial charge on any atom is 0.338 e. The Balaban J connectivity index is 1.67. The van der Waals surface area contributed by atoms with Gasteiger partial charge in [-0.1, -0.05) is 72.3 Å². The monoisotopic (exact) mass is 700 g/mol. The van der Waals surface area contributed by atoms with E-state index >= 15 is 0 Å². The van der Waals surface area contributed by atoms with Crippen molar-refractivity contribution in [3.63, 3.8) is 0 Å². The van der Waals surface area contributed by atoms with Crippen LogP contribution >= 0.6 is 45.5 Å². The summed E-state index contributed by atoms with van der Waals surface area (Å²) in [6.07, 6.45) is 2.30. The second-order valence-corrected chi connectivity index (χ2v) is 11.8. The predicted octanol–water partition coefficient (Wildman–Crippen LogP) is 5.64. The fourth-order valence-electron chi connectivity index (χ4n) is 4.69. The van der Waals surface area contributed by atoms with Crippen LogP contribution in [0.1, 0.15) is 36.1 Å². The van der Waals surface area contributed by atoms with Crippen LogP contribution in [0.15, 0.2) is 87.8 Å². The Morgan fingerprint density at radius 2 is 1.85 bits per heavy atom. The van der Waals surface area contributed by atoms with Crippen LogP contribution in [-0.2, 0) is 16.1 Å². The Labute approximate surface area is 259 Å². The number of rotatable bonds is 8. The van der Waals surface area contributed by atoms with E-state index in [0.717, 1.165) is 14.7 Å². The molecule has 0 spiro atoms. The molecular formula is C31H26ClIN2O5S. The number of esters is 1. The normalized spacial score (nSPS) is 14.9. The van der Waals surface area contributed by atoms with Gasteiger partial charge in [0.05, 0.1) is 36.1 Å². The number of aromatic nitrogens is 1. The summed E-state index contributed by atoms with van der Waals surface area (Å²) < 4.78 is 20.0. The van der Waals surface area contributed by atoms with Gasteiger partial charge in [-0.2, -0.15) is 0 Å². The van der Waals surface area contributed by atoms with Gasteiger partial charge in [0.25, 0.3) is 5.56 Å². The minimum Gasteiger partial charge on any atom is -0.493 e. The van der Waals surface area contributed by atoms with E-state index in [1.54, 1.807) is 17.8 Å². The van der Waals surface area contributed by atoms with Gasteiger partial charge in [0, 0.05) is 14.2 Å². The molecule has 0 radical (unpaired) electrons. The highest BCUT2D eigenvalue weighted by molar-refractivity contribution is 14.1. The fraction of sp³-hybridized carbons (Fsp3) is 0.194. The average molecular weight is 701 g/mol. The molecular weight excluding hydrogens is 675 g/mol. The second-order valence-electron chi connectivity index (χ2n) is 9.14. The van der Waals surface area contributed by atoms with Crippen molar-refractivity contribution in [2.24, 2.45) is 4.99 Å². The number of thiazole rings is 1. The number of halogens is 2. The molecule has 4 aromatic rings. The zero-order valence-electron chi connectivity index (χ0n) is 22.5. The smallest absolute Gasteiger partial charge is 0.338 e. The van der Waals surface area contributed by atoms with Crippen LogP contribution in [0, 0.1) is 3.57 Å². The fourth-order valence-corrected chi connectivity index (χ4v) is 6.45. The molecule has 1 aliphatic rings. The molecule has 1 atom stereocenters. The van der Waals surface area contributed by atoms with Gasteiger partial charge in [0.1, 0.15) is 6.61 Å². The number of fused-ring (bicyclic) bond motifs is 1. The molecule has 0 aliphatic carbocycles. The van der Waals surface area contributed by atoms with Gasteiger partial charge in [-0.25, -0.2) is 9.79 Å². The molecule has 0 fully saturated rings. The van der Waals surface area contributed by atoms with Crippen molar-refractivity contribution in [3.8, 4) is 11.5 Å². The second kappa shape index (κ2) is 12.6. The first-order chi connectivity index (χ1) is 19.8. The summed E-state index contributed by atoms with van der Waals surface area (Å²) in [5.41, 5.74) is 3.12. The van der Waals surface area contributed by atoms with E-state index in [4.69, 9.17) is 30.8 Å². The molecule has 0 N–H and O–H groups in total. The maximum atomic E-state index is 14.0. The van der Waals surface area contributed by atoms with Crippen LogP contribution in [-0.4, -0.2) is 24.8 Å². The lowest BCUT2D eigenvalue weighted by atomic mass is 9.95. The summed E-state index contributed by atoms with van der Waals surface area (Å²) >= 11 is 9.51. The van der Waals surface area contributed by atoms with Crippen LogP contribution < -0.4 is 24.4 Å². The molecule has 1 aliphatic heterocycles. The summed E-state index contributed by atoms with van der Waals surface area (Å²) in [5.74, 6) is 0.556. The molecule has 210 valence electrons. The molecule has 5 rings (SSSR count). The van der Waals surface area contributed by atoms with Gasteiger partial charge in [0.2, 0.25) is 0 Å². The van der Waals surface area contributed by atoms with Crippen molar-refractivity contribution in [2.75, 3.05) is 14.2 Å². The maximum absolute atomic E-state index is 14.0. The molecule has 10 heteroatoms. The molecule has 3 aromatic carbocycles. The molecule has 0 saturated carbocycles. The summed E-state index contributed by atoms with van der Waals surface area (Å²) in [6.45, 7) is 2.22. The lowest BCUT2D eigenvalue weighted by Gasteiger charge is -2.25. The first-order valence-corrected chi connectivity index (χ1v) is 15.0. The Morgan fingerprint density at radius 3 is 2.51 bits per heavy atom. The van der Waals surface area contributed by atoms with E-state index in [9.17, 15) is 9.59 Å². The van der Waals surface area contributed by atoms with Gasteiger partial charge in [-0.05, 0) is 70.5 Å². The lowest BCUT2D eigenvalue weighted by Crippen LogP contribution is -2.40. The Hall–Kier alpha value is -3.41. The zero-order valence-corrected chi connectivity index (χ0v) is 26.2. The van der Waals surface area contributed by atoms with Gasteiger partial charge >= 0.3 is 5.97 Å². The number of methoxy groups -OCH3 is 2. The van der Waals surface area contributed by atoms with Gasteiger partial charge in [-0.15, -0.1) is 0 Å². The number of carbonyl (C=O) groups excluding carboxylic acids is 1. The highest BCUT2D eigenvalue weighted by Crippen LogP contribution is 2.35. The number of carbonyl (C=O) groups is 1. The molecule has 41 heavy (non-hydrogen) atoms. The Bertz CT molecular complexity index is 1810. The largest absolute Gasteiger partial charge is 0.493 e. The molecule has 0 unspecified atom stereocenters. The molecule has 7 nitrogen and oxygen atoms in total. The Morgan fingerprint density at radius 1 is 1.12 bits per heavy atom. The van der Waals surface area contributed by atoms with Gasteiger partial charge in [0.15, 0.2) is 16.3 Å². The summed E-state index contributed by atoms with van der Waals surface area (Å²) in [7, 11) is 2.92. The number of hydrogen-bond acceptors (Lipinski definition) is 7. The van der Waals surface area contributed by atoms with E-state index < -0.39 is 12.0 Å². The highest BCUT2D eigenvalue weighted by atomic mass is 127. The highest BCUT2D eigenvalue weighted by Gasteiger charge is 2.33. The zero-order chi connectivity index (χ0) is 29.1. The third-order valence-electron chi connectivity index (χ3n) is 6.62. The first-order valence-electron chi connectivity index (χ1n) is 12.8. The summed E-state index contributed by atoms with van der Waals surface area (Å²) in [5, 5.41) is 0.645. The van der Waals surface area contributed by atoms with E-state index in [2.05, 4.69) is 22.6 Å². The standard InChI is InChI=1S/C31H26ClIN2O5S/c1-4-23-26(30(37)39-3)27(19-8-6-5-7-9-19)35-29(36)25(41-31(35)34-23)15-20-14-22(33)16-24(38-2)28(20)40-17-18-10-12-21(32)13-11-18/h5-16,27H,4,17H2,1-3H3/b25-15+/t27-/m0/s1. The van der Waals surface area contributed by atoms with E-state index in [0.29, 0.717) is 49.1 Å². The quantitative estimate of drug-likeness (QED) is 0.176. The average Bonchev–Trinajstić information content (AvgIpc) is 3.30. The van der Waals surface area contributed by atoms with Crippen molar-refractivity contribution >= 4 is 57.6 Å². The van der Waals surface area contributed by atoms with Crippen molar-refractivity contribution < 1.29 is 19.0 Å². The van der Waals surface area contributed by atoms with Crippen LogP contribution in [0.2, 0.25) is 5.02 Å². The first kappa shape index (κ1) is 29.1. The van der Waals surface area contributed by atoms with Crippen molar-refractivity contribution in [2.45, 2.75) is 26.0 Å². The molecule has 0 amide bonds. The van der Waals surface area contributed by atoms with E-state index in [1.807, 2.05) is 73.7 Å². The number of nitrogens with zero attached hydrogens (tertiary/aromatic N) is 2. The third-order valence-corrected chi connectivity index (χ3v) is 8.47. The summed E-state index contributed by atoms with van der Waals surface area (Å²) in [6, 6.07) is 20.0. The third kappa shape index (κ3) is 5.98. The molecule has 2 heterocycles. The van der Waals surface area contributed by atoms with Crippen LogP contribution in [0.25, 0.3) is 6.08 Å². The van der Waals surface area contributed by atoms with Crippen LogP contribution in [0.4, 0.5) is 0 Å². The number of benzene rings is 3. The van der Waals surface area contributed by atoms with Crippen molar-refractivity contribution in [1.82, 2.24) is 4.57 Å². The van der Waals surface area contributed by atoms with Crippen LogP contribution in [0.5, 0.6) is 11.5 Å². The topological polar surface area (TPSA) is 79.1 Å². The van der Waals surface area contributed by atoms with Crippen LogP contribution in [0.3, 0.4) is 0 Å². The number of ether oxygens (including phenoxy) is 3. The van der Waals surface area contributed by atoms with Crippen molar-refractivity contribution in [3.05, 3.63) is 123 Å². The van der Waals surface area contributed by atoms with E-state index in [1.165, 1.54) is 18.4 Å². The summed E-state index contributed by atoms with van der Waals surface area (Å²) in [4.78, 5) is 32.3. The predicted molar refractivity (Wildman–Crippen MR) is 168 cm³/mol.